The third-order valence-corrected chi connectivity index (χ3v) is 10.1. The van der Waals surface area contributed by atoms with Crippen molar-refractivity contribution in [2.45, 2.75) is 78.2 Å². The molecule has 3 saturated carbocycles. The molecule has 0 spiro atoms. The van der Waals surface area contributed by atoms with Gasteiger partial charge in [-0.3, -0.25) is 14.4 Å². The predicted molar refractivity (Wildman–Crippen MR) is 121 cm³/mol. The number of ketones is 2. The lowest BCUT2D eigenvalue weighted by Gasteiger charge is -2.61. The number of halogens is 1. The quantitative estimate of drug-likeness (QED) is 0.426. The lowest BCUT2D eigenvalue weighted by atomic mass is 9.44. The largest absolute Gasteiger partial charge is 0.450 e. The summed E-state index contributed by atoms with van der Waals surface area (Å²) < 4.78 is 5.99. The van der Waals surface area contributed by atoms with Gasteiger partial charge in [0.05, 0.1) is 0 Å². The summed E-state index contributed by atoms with van der Waals surface area (Å²) in [6, 6.07) is 0. The van der Waals surface area contributed by atoms with Crippen LogP contribution in [0, 0.1) is 34.5 Å². The number of hydrogen-bond donors (Lipinski definition) is 0. The van der Waals surface area contributed by atoms with Crippen molar-refractivity contribution >= 4 is 29.1 Å². The van der Waals surface area contributed by atoms with Gasteiger partial charge in [-0.05, 0) is 74.3 Å². The number of esters is 1. The second-order valence-corrected chi connectivity index (χ2v) is 11.1. The van der Waals surface area contributed by atoms with E-state index in [4.69, 9.17) is 16.3 Å². The zero-order valence-corrected chi connectivity index (χ0v) is 20.0. The molecular weight excluding hydrogens is 412 g/mol. The van der Waals surface area contributed by atoms with Gasteiger partial charge >= 0.3 is 5.97 Å². The van der Waals surface area contributed by atoms with Crippen LogP contribution in [0.25, 0.3) is 0 Å². The van der Waals surface area contributed by atoms with Crippen LogP contribution >= 0.6 is 11.6 Å². The first-order chi connectivity index (χ1) is 14.5. The lowest BCUT2D eigenvalue weighted by molar-refractivity contribution is -0.188. The van der Waals surface area contributed by atoms with Crippen LogP contribution in [-0.4, -0.2) is 29.0 Å². The molecular formula is C26H35ClO4. The van der Waals surface area contributed by atoms with Crippen LogP contribution in [0.4, 0.5) is 0 Å². The molecule has 170 valence electrons. The van der Waals surface area contributed by atoms with E-state index in [1.165, 1.54) is 0 Å². The van der Waals surface area contributed by atoms with Crippen LogP contribution in [0.2, 0.25) is 0 Å². The van der Waals surface area contributed by atoms with Gasteiger partial charge in [-0.1, -0.05) is 32.9 Å². The summed E-state index contributed by atoms with van der Waals surface area (Å²) in [5, 5.41) is 0. The second-order valence-electron chi connectivity index (χ2n) is 10.8. The number of allylic oxidation sites excluding steroid dienone is 2. The van der Waals surface area contributed by atoms with Crippen molar-refractivity contribution in [3.8, 4) is 0 Å². The summed E-state index contributed by atoms with van der Waals surface area (Å²) in [4.78, 5) is 37.7. The molecule has 4 aliphatic carbocycles. The Morgan fingerprint density at radius 2 is 1.87 bits per heavy atom. The number of rotatable bonds is 4. The molecule has 31 heavy (non-hydrogen) atoms. The van der Waals surface area contributed by atoms with Gasteiger partial charge in [-0.15, -0.1) is 11.6 Å². The van der Waals surface area contributed by atoms with E-state index in [-0.39, 0.29) is 46.6 Å². The molecule has 0 aliphatic heterocycles. The van der Waals surface area contributed by atoms with Gasteiger partial charge in [0.1, 0.15) is 0 Å². The Balaban J connectivity index is 1.76. The monoisotopic (exact) mass is 446 g/mol. The van der Waals surface area contributed by atoms with E-state index in [2.05, 4.69) is 20.4 Å². The lowest BCUT2D eigenvalue weighted by Crippen LogP contribution is -2.59. The fourth-order valence-corrected chi connectivity index (χ4v) is 8.47. The van der Waals surface area contributed by atoms with E-state index in [0.717, 1.165) is 36.8 Å². The highest BCUT2D eigenvalue weighted by atomic mass is 35.5. The van der Waals surface area contributed by atoms with Crippen molar-refractivity contribution < 1.29 is 19.1 Å². The molecule has 0 heterocycles. The molecule has 0 radical (unpaired) electrons. The molecule has 0 bridgehead atoms. The fraction of sp³-hybridized carbons (Fsp3) is 0.731. The Labute approximate surface area is 190 Å². The molecule has 4 aliphatic rings. The van der Waals surface area contributed by atoms with Crippen molar-refractivity contribution in [2.24, 2.45) is 34.5 Å². The average Bonchev–Trinajstić information content (AvgIpc) is 3.02. The first kappa shape index (κ1) is 22.8. The van der Waals surface area contributed by atoms with E-state index in [0.29, 0.717) is 30.6 Å². The maximum absolute atomic E-state index is 13.0. The van der Waals surface area contributed by atoms with E-state index in [1.807, 2.05) is 6.08 Å². The number of carbonyl (C=O) groups excluding carboxylic acids is 3. The Hall–Kier alpha value is -1.42. The summed E-state index contributed by atoms with van der Waals surface area (Å²) in [6.45, 7) is 12.2. The molecule has 5 heteroatoms. The van der Waals surface area contributed by atoms with E-state index >= 15 is 0 Å². The van der Waals surface area contributed by atoms with Gasteiger partial charge < -0.3 is 4.74 Å². The average molecular weight is 447 g/mol. The standard InChI is InChI=1S/C26H35ClO4/c1-6-23(30)31-26(16(3)28)10-8-20-19-11-15(2)22-13-18(29)12-17(14-27)25(22,5)21(19)7-9-24(20,26)4/h13,17,19-21H,2,6-12,14H2,1,3-5H3/t17?,19-,20-,21-,24-,25+,26-/m0/s1. The summed E-state index contributed by atoms with van der Waals surface area (Å²) >= 11 is 6.42. The van der Waals surface area contributed by atoms with Crippen LogP contribution in [0.5, 0.6) is 0 Å². The molecule has 0 saturated heterocycles. The van der Waals surface area contributed by atoms with Crippen LogP contribution in [0.1, 0.15) is 72.6 Å². The number of Topliss-reactive ketones (excluding diaryl/α,β-unsaturated/α-hetero) is 1. The smallest absolute Gasteiger partial charge is 0.306 e. The molecule has 0 amide bonds. The Bertz CT molecular complexity index is 875. The highest BCUT2D eigenvalue weighted by Gasteiger charge is 2.68. The minimum Gasteiger partial charge on any atom is -0.450 e. The van der Waals surface area contributed by atoms with Crippen molar-refractivity contribution in [1.82, 2.24) is 0 Å². The number of carbonyl (C=O) groups is 3. The maximum atomic E-state index is 13.0. The van der Waals surface area contributed by atoms with Gasteiger partial charge in [0, 0.05) is 29.6 Å². The number of hydrogen-bond acceptors (Lipinski definition) is 4. The van der Waals surface area contributed by atoms with Crippen molar-refractivity contribution in [3.05, 3.63) is 23.8 Å². The summed E-state index contributed by atoms with van der Waals surface area (Å²) in [6.07, 6.45) is 6.69. The van der Waals surface area contributed by atoms with Gasteiger partial charge in [-0.25, -0.2) is 0 Å². The van der Waals surface area contributed by atoms with E-state index < -0.39 is 5.60 Å². The Kier molecular flexibility index (Phi) is 5.56. The Morgan fingerprint density at radius 3 is 2.48 bits per heavy atom. The second kappa shape index (κ2) is 7.57. The van der Waals surface area contributed by atoms with Gasteiger partial charge in [0.15, 0.2) is 17.2 Å². The fourth-order valence-electron chi connectivity index (χ4n) is 8.04. The van der Waals surface area contributed by atoms with Crippen LogP contribution in [-0.2, 0) is 19.1 Å². The molecule has 0 aromatic heterocycles. The van der Waals surface area contributed by atoms with Crippen molar-refractivity contribution in [1.29, 1.82) is 0 Å². The zero-order chi connectivity index (χ0) is 22.8. The molecule has 4 rings (SSSR count). The van der Waals surface area contributed by atoms with Crippen LogP contribution in [0.3, 0.4) is 0 Å². The third-order valence-electron chi connectivity index (χ3n) is 9.70. The van der Waals surface area contributed by atoms with Crippen molar-refractivity contribution in [2.75, 3.05) is 5.88 Å². The zero-order valence-electron chi connectivity index (χ0n) is 19.3. The van der Waals surface area contributed by atoms with Crippen molar-refractivity contribution in [3.63, 3.8) is 0 Å². The van der Waals surface area contributed by atoms with Crippen LogP contribution < -0.4 is 0 Å². The van der Waals surface area contributed by atoms with E-state index in [1.54, 1.807) is 13.8 Å². The first-order valence-corrected chi connectivity index (χ1v) is 12.3. The summed E-state index contributed by atoms with van der Waals surface area (Å²) in [5.41, 5.74) is 0.583. The number of fused-ring (bicyclic) bond motifs is 5. The predicted octanol–water partition coefficient (Wildman–Crippen LogP) is 5.43. The third kappa shape index (κ3) is 2.96. The van der Waals surface area contributed by atoms with Gasteiger partial charge in [0.25, 0.3) is 0 Å². The SMILES string of the molecule is C=C1C[C@H]2[C@@H]3CC[C@](OC(=O)CC)(C(C)=O)[C@@]3(C)CC[C@@H]2[C@]2(C)C1=CC(=O)CC2CCl. The number of alkyl halides is 1. The van der Waals surface area contributed by atoms with Gasteiger partial charge in [-0.2, -0.15) is 0 Å². The summed E-state index contributed by atoms with van der Waals surface area (Å²) in [7, 11) is 0. The molecule has 7 atom stereocenters. The molecule has 1 unspecified atom stereocenters. The number of ether oxygens (including phenoxy) is 1. The molecule has 0 aromatic rings. The maximum Gasteiger partial charge on any atom is 0.306 e. The minimum absolute atomic E-state index is 0.0268. The molecule has 0 N–H and O–H groups in total. The Morgan fingerprint density at radius 1 is 1.19 bits per heavy atom. The first-order valence-electron chi connectivity index (χ1n) is 11.8. The highest BCUT2D eigenvalue weighted by molar-refractivity contribution is 6.18. The van der Waals surface area contributed by atoms with Crippen LogP contribution in [0.15, 0.2) is 23.8 Å². The normalized spacial score (nSPS) is 44.1. The van der Waals surface area contributed by atoms with E-state index in [9.17, 15) is 14.4 Å². The molecule has 0 aromatic carbocycles. The molecule has 4 nitrogen and oxygen atoms in total. The summed E-state index contributed by atoms with van der Waals surface area (Å²) in [5.74, 6) is 1.43. The highest BCUT2D eigenvalue weighted by Crippen LogP contribution is 2.69. The minimum atomic E-state index is -1.03. The van der Waals surface area contributed by atoms with Gasteiger partial charge in [0.2, 0.25) is 0 Å². The molecule has 3 fully saturated rings. The topological polar surface area (TPSA) is 60.4 Å².